The molecule has 0 saturated carbocycles. The molecule has 0 saturated heterocycles. The first-order chi connectivity index (χ1) is 9.98. The van der Waals surface area contributed by atoms with Gasteiger partial charge in [0.2, 0.25) is 0 Å². The van der Waals surface area contributed by atoms with Crippen LogP contribution in [-0.2, 0) is 9.67 Å². The van der Waals surface area contributed by atoms with E-state index >= 15 is 0 Å². The summed E-state index contributed by atoms with van der Waals surface area (Å²) < 4.78 is 0. The molecule has 2 aromatic carbocycles. The number of carboxylic acids is 1. The molecule has 106 valence electrons. The summed E-state index contributed by atoms with van der Waals surface area (Å²) in [6.45, 7) is 0. The molecule has 3 nitrogen and oxygen atoms in total. The average Bonchev–Trinajstić information content (AvgIpc) is 2.47. The highest BCUT2D eigenvalue weighted by atomic mass is 35.5. The second kappa shape index (κ2) is 3.87. The zero-order chi connectivity index (χ0) is 14.8. The topological polar surface area (TPSA) is 67.8 Å². The quantitative estimate of drug-likeness (QED) is 0.790. The highest BCUT2D eigenvalue weighted by Crippen LogP contribution is 2.60. The van der Waals surface area contributed by atoms with Crippen LogP contribution in [-0.4, -0.2) is 11.5 Å². The number of hydrogen-bond acceptors (Lipinski definition) is 2. The van der Waals surface area contributed by atoms with E-state index in [-0.39, 0.29) is 12.3 Å². The molecule has 0 radical (unpaired) electrons. The van der Waals surface area contributed by atoms with Crippen LogP contribution in [0.1, 0.15) is 34.6 Å². The lowest BCUT2D eigenvalue weighted by molar-refractivity contribution is -0.495. The number of aliphatic carboxylic acids is 1. The van der Waals surface area contributed by atoms with Gasteiger partial charge in [-0.15, -0.1) is 11.6 Å². The third-order valence-corrected chi connectivity index (χ3v) is 5.46. The molecule has 0 amide bonds. The average molecular weight is 300 g/mol. The van der Waals surface area contributed by atoms with Crippen LogP contribution < -0.4 is 10.8 Å². The summed E-state index contributed by atoms with van der Waals surface area (Å²) in [5.74, 6) is -1.45. The molecule has 21 heavy (non-hydrogen) atoms. The van der Waals surface area contributed by atoms with Crippen molar-refractivity contribution in [1.29, 1.82) is 0 Å². The summed E-state index contributed by atoms with van der Waals surface area (Å²) in [5, 5.41) is 11.8. The Hall–Kier alpha value is -1.84. The van der Waals surface area contributed by atoms with E-state index in [1.807, 2.05) is 48.5 Å². The van der Waals surface area contributed by atoms with Crippen molar-refractivity contribution >= 4 is 17.6 Å². The molecular weight excluding hydrogens is 286 g/mol. The largest absolute Gasteiger partial charge is 0.544 e. The van der Waals surface area contributed by atoms with Gasteiger partial charge in [-0.2, -0.15) is 0 Å². The van der Waals surface area contributed by atoms with Gasteiger partial charge in [0.05, 0.1) is 5.92 Å². The molecule has 1 atom stereocenters. The predicted octanol–water partition coefficient (Wildman–Crippen LogP) is 0.749. The number of benzene rings is 2. The fraction of sp³-hybridized carbons (Fsp3) is 0.235. The second-order valence-electron chi connectivity index (χ2n) is 6.03. The summed E-state index contributed by atoms with van der Waals surface area (Å²) in [7, 11) is 0. The number of carbonyl (C=O) groups excluding carboxylic acids is 1. The normalized spacial score (nSPS) is 32.4. The van der Waals surface area contributed by atoms with Crippen molar-refractivity contribution in [1.82, 2.24) is 0 Å². The van der Waals surface area contributed by atoms with Gasteiger partial charge in [-0.3, -0.25) is 0 Å². The van der Waals surface area contributed by atoms with Crippen LogP contribution in [0.2, 0.25) is 0 Å². The van der Waals surface area contributed by atoms with Crippen LogP contribution in [0, 0.1) is 0 Å². The monoisotopic (exact) mass is 299 g/mol. The van der Waals surface area contributed by atoms with Crippen molar-refractivity contribution in [3.05, 3.63) is 70.8 Å². The van der Waals surface area contributed by atoms with Gasteiger partial charge in [0.25, 0.3) is 0 Å². The van der Waals surface area contributed by atoms with Crippen LogP contribution in [0.4, 0.5) is 0 Å². The maximum absolute atomic E-state index is 11.8. The van der Waals surface area contributed by atoms with Gasteiger partial charge in [-0.05, 0) is 22.3 Å². The van der Waals surface area contributed by atoms with Gasteiger partial charge < -0.3 is 15.6 Å². The van der Waals surface area contributed by atoms with Gasteiger partial charge in [0, 0.05) is 6.42 Å². The lowest BCUT2D eigenvalue weighted by atomic mass is 9.55. The minimum Gasteiger partial charge on any atom is -0.544 e. The van der Waals surface area contributed by atoms with E-state index in [1.54, 1.807) is 0 Å². The third kappa shape index (κ3) is 1.40. The first kappa shape index (κ1) is 12.9. The highest BCUT2D eigenvalue weighted by molar-refractivity contribution is 6.27. The lowest BCUT2D eigenvalue weighted by Crippen LogP contribution is -2.85. The van der Waals surface area contributed by atoms with Crippen LogP contribution >= 0.6 is 11.6 Å². The fourth-order valence-corrected chi connectivity index (χ4v) is 4.63. The van der Waals surface area contributed by atoms with E-state index in [1.165, 1.54) is 0 Å². The summed E-state index contributed by atoms with van der Waals surface area (Å²) in [5.41, 5.74) is 6.68. The molecule has 2 bridgehead atoms. The second-order valence-corrected chi connectivity index (χ2v) is 6.67. The molecule has 0 spiro atoms. The summed E-state index contributed by atoms with van der Waals surface area (Å²) in [6, 6.07) is 15.6. The van der Waals surface area contributed by atoms with E-state index in [4.69, 9.17) is 11.6 Å². The Morgan fingerprint density at radius 3 is 2.05 bits per heavy atom. The molecule has 3 aliphatic rings. The standard InChI is InChI=1S/C17H14ClNO2/c18-16-9-17(19,15(20)21)14(10-5-1-3-7-12(10)16)11-6-2-4-8-13(11)16/h1-8,14H,9,19H2,(H,20,21). The summed E-state index contributed by atoms with van der Waals surface area (Å²) in [4.78, 5) is 11.0. The molecule has 4 heteroatoms. The highest BCUT2D eigenvalue weighted by Gasteiger charge is 2.60. The van der Waals surface area contributed by atoms with Gasteiger partial charge in [-0.25, -0.2) is 0 Å². The van der Waals surface area contributed by atoms with Gasteiger partial charge >= 0.3 is 0 Å². The predicted molar refractivity (Wildman–Crippen MR) is 76.6 cm³/mol. The van der Waals surface area contributed by atoms with E-state index in [0.717, 1.165) is 22.3 Å². The maximum atomic E-state index is 11.8. The Balaban J connectivity index is 2.12. The zero-order valence-electron chi connectivity index (χ0n) is 11.3. The van der Waals surface area contributed by atoms with Crippen molar-refractivity contribution in [2.75, 3.05) is 0 Å². The van der Waals surface area contributed by atoms with Crippen LogP contribution in [0.3, 0.4) is 0 Å². The molecule has 0 aromatic heterocycles. The van der Waals surface area contributed by atoms with Crippen molar-refractivity contribution in [2.24, 2.45) is 0 Å². The smallest absolute Gasteiger partial charge is 0.148 e. The number of carbonyl (C=O) groups is 1. The first-order valence-corrected chi connectivity index (χ1v) is 7.31. The lowest BCUT2D eigenvalue weighted by Gasteiger charge is -2.53. The van der Waals surface area contributed by atoms with Crippen LogP contribution in [0.25, 0.3) is 0 Å². The SMILES string of the molecule is [NH3+]C1(C(=O)[O-])CC2(Cl)c3ccccc3C1c1ccccc12. The molecule has 0 heterocycles. The number of fused-ring (bicyclic) bond motifs is 1. The Kier molecular flexibility index (Phi) is 2.37. The molecule has 5 rings (SSSR count). The number of hydrogen-bond donors (Lipinski definition) is 1. The molecule has 1 unspecified atom stereocenters. The molecule has 0 aliphatic heterocycles. The Bertz CT molecular complexity index is 725. The number of halogens is 1. The summed E-state index contributed by atoms with van der Waals surface area (Å²) >= 11 is 6.96. The van der Waals surface area contributed by atoms with Crippen molar-refractivity contribution in [3.8, 4) is 0 Å². The number of rotatable bonds is 1. The van der Waals surface area contributed by atoms with E-state index in [2.05, 4.69) is 5.73 Å². The van der Waals surface area contributed by atoms with E-state index in [9.17, 15) is 9.90 Å². The minimum absolute atomic E-state index is 0.253. The minimum atomic E-state index is -1.23. The number of alkyl halides is 1. The molecule has 0 fully saturated rings. The van der Waals surface area contributed by atoms with Gasteiger partial charge in [0.1, 0.15) is 16.4 Å². The molecule has 3 aliphatic carbocycles. The number of carboxylic acid groups (broad SMARTS) is 1. The van der Waals surface area contributed by atoms with Crippen LogP contribution in [0.15, 0.2) is 48.5 Å². The zero-order valence-corrected chi connectivity index (χ0v) is 12.1. The third-order valence-electron chi connectivity index (χ3n) is 4.92. The Morgan fingerprint density at radius 1 is 1.10 bits per heavy atom. The van der Waals surface area contributed by atoms with Crippen molar-refractivity contribution in [3.63, 3.8) is 0 Å². The Morgan fingerprint density at radius 2 is 1.57 bits per heavy atom. The van der Waals surface area contributed by atoms with Gasteiger partial charge in [0.15, 0.2) is 0 Å². The van der Waals surface area contributed by atoms with E-state index < -0.39 is 16.4 Å². The van der Waals surface area contributed by atoms with Crippen molar-refractivity contribution in [2.45, 2.75) is 22.8 Å². The number of quaternary nitrogens is 1. The Labute approximate surface area is 127 Å². The molecule has 3 N–H and O–H groups in total. The first-order valence-electron chi connectivity index (χ1n) is 6.93. The fourth-order valence-electron chi connectivity index (χ4n) is 4.04. The maximum Gasteiger partial charge on any atom is 0.148 e. The van der Waals surface area contributed by atoms with E-state index in [0.29, 0.717) is 0 Å². The van der Waals surface area contributed by atoms with Crippen LogP contribution in [0.5, 0.6) is 0 Å². The van der Waals surface area contributed by atoms with Gasteiger partial charge in [-0.1, -0.05) is 48.5 Å². The molecule has 2 aromatic rings. The summed E-state index contributed by atoms with van der Waals surface area (Å²) in [6.07, 6.45) is 0.253. The van der Waals surface area contributed by atoms with Crippen molar-refractivity contribution < 1.29 is 15.6 Å². The molecular formula is C17H14ClNO2.